The van der Waals surface area contributed by atoms with Gasteiger partial charge in [-0.1, -0.05) is 6.92 Å². The number of carbonyl (C=O) groups is 2. The fraction of sp³-hybridized carbons (Fsp3) is 0.800. The summed E-state index contributed by atoms with van der Waals surface area (Å²) < 4.78 is 5.68. The molecule has 1 saturated heterocycles. The number of hydrogen-bond acceptors (Lipinski definition) is 4. The number of nitrogens with two attached hydrogens (primary N) is 1. The molecule has 1 radical (unpaired) electrons. The molecule has 6 heteroatoms. The third kappa shape index (κ3) is 7.43. The highest BCUT2D eigenvalue weighted by Gasteiger charge is 2.21. The van der Waals surface area contributed by atoms with Crippen LogP contribution in [0.1, 0.15) is 33.6 Å². The Morgan fingerprint density at radius 3 is 2.57 bits per heavy atom. The van der Waals surface area contributed by atoms with E-state index in [0.717, 1.165) is 26.1 Å². The second kappa shape index (κ2) is 9.00. The number of rotatable bonds is 8. The molecule has 0 aromatic heterocycles. The second-order valence-corrected chi connectivity index (χ2v) is 5.90. The summed E-state index contributed by atoms with van der Waals surface area (Å²) in [5, 5.41) is 2.83. The van der Waals surface area contributed by atoms with Gasteiger partial charge in [0.1, 0.15) is 0 Å². The number of primary amides is 1. The lowest BCUT2D eigenvalue weighted by Gasteiger charge is -2.35. The van der Waals surface area contributed by atoms with Crippen LogP contribution in [-0.2, 0) is 14.3 Å². The lowest BCUT2D eigenvalue weighted by Crippen LogP contribution is -2.46. The van der Waals surface area contributed by atoms with Crippen LogP contribution in [0.25, 0.3) is 0 Å². The molecule has 3 atom stereocenters. The van der Waals surface area contributed by atoms with Crippen LogP contribution in [0.5, 0.6) is 0 Å². The molecule has 2 unspecified atom stereocenters. The van der Waals surface area contributed by atoms with Gasteiger partial charge in [-0.25, -0.2) is 0 Å². The molecule has 0 aromatic carbocycles. The molecule has 0 saturated carbocycles. The maximum absolute atomic E-state index is 11.6. The van der Waals surface area contributed by atoms with Gasteiger partial charge in [0.15, 0.2) is 0 Å². The minimum atomic E-state index is -0.380. The Bertz CT molecular complexity index is 339. The third-order valence-corrected chi connectivity index (χ3v) is 3.59. The summed E-state index contributed by atoms with van der Waals surface area (Å²) in [6, 6.07) is 0. The van der Waals surface area contributed by atoms with E-state index in [2.05, 4.69) is 24.1 Å². The van der Waals surface area contributed by atoms with Crippen LogP contribution in [0, 0.1) is 12.3 Å². The van der Waals surface area contributed by atoms with E-state index in [0.29, 0.717) is 13.0 Å². The number of hydrogen-bond donors (Lipinski definition) is 2. The Labute approximate surface area is 127 Å². The first-order valence-corrected chi connectivity index (χ1v) is 7.66. The standard InChI is InChI=1S/C15H28N3O3/c1-11(15(16)20)5-6-14(19)17-7-4-8-18-9-12(2)21-13(3)10-18/h6,11-13H,4-5,7-10H2,1-3H3,(H2,16,20)(H,17,19)/t11?,12-,13?/m0/s1. The molecule has 0 bridgehead atoms. The van der Waals surface area contributed by atoms with Gasteiger partial charge >= 0.3 is 0 Å². The monoisotopic (exact) mass is 298 g/mol. The van der Waals surface area contributed by atoms with Gasteiger partial charge in [0.05, 0.1) is 18.6 Å². The van der Waals surface area contributed by atoms with E-state index in [1.807, 2.05) is 0 Å². The Morgan fingerprint density at radius 2 is 2.00 bits per heavy atom. The van der Waals surface area contributed by atoms with E-state index in [1.54, 1.807) is 6.92 Å². The summed E-state index contributed by atoms with van der Waals surface area (Å²) in [4.78, 5) is 24.8. The number of morpholine rings is 1. The van der Waals surface area contributed by atoms with Crippen LogP contribution in [-0.4, -0.2) is 55.1 Å². The average Bonchev–Trinajstić information content (AvgIpc) is 2.39. The highest BCUT2D eigenvalue weighted by molar-refractivity contribution is 5.85. The van der Waals surface area contributed by atoms with Gasteiger partial charge in [-0.15, -0.1) is 0 Å². The quantitative estimate of drug-likeness (QED) is 0.632. The van der Waals surface area contributed by atoms with E-state index in [9.17, 15) is 9.59 Å². The van der Waals surface area contributed by atoms with E-state index in [-0.39, 0.29) is 29.9 Å². The minimum absolute atomic E-state index is 0.133. The van der Waals surface area contributed by atoms with E-state index in [1.165, 1.54) is 6.42 Å². The largest absolute Gasteiger partial charge is 0.373 e. The fourth-order valence-electron chi connectivity index (χ4n) is 2.45. The van der Waals surface area contributed by atoms with Crippen molar-refractivity contribution in [2.75, 3.05) is 26.2 Å². The molecule has 0 aliphatic carbocycles. The Morgan fingerprint density at radius 1 is 1.38 bits per heavy atom. The molecule has 121 valence electrons. The van der Waals surface area contributed by atoms with Crippen molar-refractivity contribution in [3.05, 3.63) is 6.42 Å². The topological polar surface area (TPSA) is 84.7 Å². The van der Waals surface area contributed by atoms with Crippen molar-refractivity contribution in [1.82, 2.24) is 10.2 Å². The maximum atomic E-state index is 11.6. The van der Waals surface area contributed by atoms with Crippen molar-refractivity contribution >= 4 is 11.8 Å². The number of nitrogens with zero attached hydrogens (tertiary/aromatic N) is 1. The summed E-state index contributed by atoms with van der Waals surface area (Å²) in [6.45, 7) is 9.36. The van der Waals surface area contributed by atoms with E-state index < -0.39 is 0 Å². The maximum Gasteiger partial charge on any atom is 0.223 e. The molecule has 0 spiro atoms. The van der Waals surface area contributed by atoms with E-state index >= 15 is 0 Å². The molecule has 1 aliphatic heterocycles. The fourth-order valence-corrected chi connectivity index (χ4v) is 2.45. The van der Waals surface area contributed by atoms with Gasteiger partial charge < -0.3 is 15.8 Å². The Hall–Kier alpha value is -1.14. The number of carbonyl (C=O) groups excluding carboxylic acids is 2. The third-order valence-electron chi connectivity index (χ3n) is 3.59. The van der Waals surface area contributed by atoms with Crippen LogP contribution in [0.3, 0.4) is 0 Å². The smallest absolute Gasteiger partial charge is 0.223 e. The van der Waals surface area contributed by atoms with Crippen LogP contribution in [0.15, 0.2) is 0 Å². The molecule has 1 fully saturated rings. The molecule has 1 rings (SSSR count). The summed E-state index contributed by atoms with van der Waals surface area (Å²) in [5.74, 6) is -0.812. The zero-order valence-electron chi connectivity index (χ0n) is 13.3. The lowest BCUT2D eigenvalue weighted by atomic mass is 10.1. The Balaban J connectivity index is 2.08. The second-order valence-electron chi connectivity index (χ2n) is 5.90. The summed E-state index contributed by atoms with van der Waals surface area (Å²) >= 11 is 0. The molecule has 6 nitrogen and oxygen atoms in total. The van der Waals surface area contributed by atoms with Crippen LogP contribution in [0.2, 0.25) is 0 Å². The normalized spacial score (nSPS) is 24.5. The SMILES string of the molecule is CC1CN(CCCNC(=O)[CH]CC(C)C(N)=O)C[C@H](C)O1. The number of ether oxygens (including phenoxy) is 1. The van der Waals surface area contributed by atoms with Crippen molar-refractivity contribution in [2.45, 2.75) is 45.8 Å². The lowest BCUT2D eigenvalue weighted by molar-refractivity contribution is -0.121. The van der Waals surface area contributed by atoms with Gasteiger partial charge in [-0.05, 0) is 26.7 Å². The van der Waals surface area contributed by atoms with Crippen LogP contribution >= 0.6 is 0 Å². The first kappa shape index (κ1) is 17.9. The van der Waals surface area contributed by atoms with Gasteiger partial charge in [-0.3, -0.25) is 14.5 Å². The van der Waals surface area contributed by atoms with Crippen molar-refractivity contribution in [3.8, 4) is 0 Å². The average molecular weight is 298 g/mol. The molecular weight excluding hydrogens is 270 g/mol. The predicted octanol–water partition coefficient (Wildman–Crippen LogP) is 0.318. The first-order chi connectivity index (χ1) is 9.88. The number of amides is 2. The number of nitrogens with one attached hydrogen (secondary N) is 1. The zero-order chi connectivity index (χ0) is 15.8. The van der Waals surface area contributed by atoms with E-state index in [4.69, 9.17) is 10.5 Å². The summed E-state index contributed by atoms with van der Waals surface area (Å²) in [5.41, 5.74) is 5.14. The summed E-state index contributed by atoms with van der Waals surface area (Å²) in [7, 11) is 0. The summed E-state index contributed by atoms with van der Waals surface area (Å²) in [6.07, 6.45) is 3.33. The van der Waals surface area contributed by atoms with Crippen LogP contribution in [0.4, 0.5) is 0 Å². The molecule has 3 N–H and O–H groups in total. The highest BCUT2D eigenvalue weighted by Crippen LogP contribution is 2.10. The van der Waals surface area contributed by atoms with Gasteiger partial charge in [-0.2, -0.15) is 0 Å². The van der Waals surface area contributed by atoms with Crippen LogP contribution < -0.4 is 11.1 Å². The Kier molecular flexibility index (Phi) is 7.67. The van der Waals surface area contributed by atoms with Gasteiger partial charge in [0.25, 0.3) is 0 Å². The molecule has 2 amide bonds. The highest BCUT2D eigenvalue weighted by atomic mass is 16.5. The van der Waals surface area contributed by atoms with Crippen molar-refractivity contribution in [1.29, 1.82) is 0 Å². The van der Waals surface area contributed by atoms with Crippen molar-refractivity contribution in [3.63, 3.8) is 0 Å². The molecular formula is C15H28N3O3. The predicted molar refractivity (Wildman–Crippen MR) is 81.4 cm³/mol. The molecule has 1 aliphatic rings. The first-order valence-electron chi connectivity index (χ1n) is 7.66. The molecule has 21 heavy (non-hydrogen) atoms. The van der Waals surface area contributed by atoms with Crippen molar-refractivity contribution in [2.24, 2.45) is 11.7 Å². The van der Waals surface area contributed by atoms with Gasteiger partial charge in [0.2, 0.25) is 11.8 Å². The minimum Gasteiger partial charge on any atom is -0.373 e. The van der Waals surface area contributed by atoms with Crippen molar-refractivity contribution < 1.29 is 14.3 Å². The molecule has 1 heterocycles. The zero-order valence-corrected chi connectivity index (χ0v) is 13.3. The van der Waals surface area contributed by atoms with Gasteiger partial charge in [0, 0.05) is 32.1 Å². The molecule has 0 aromatic rings.